The van der Waals surface area contributed by atoms with Crippen LogP contribution in [-0.2, 0) is 16.0 Å². The maximum Gasteiger partial charge on any atom is 0.187 e. The molecule has 0 radical (unpaired) electrons. The first-order valence-corrected chi connectivity index (χ1v) is 10.3. The van der Waals surface area contributed by atoms with E-state index in [-0.39, 0.29) is 11.9 Å². The van der Waals surface area contributed by atoms with Gasteiger partial charge in [-0.1, -0.05) is 12.1 Å². The molecule has 2 fully saturated rings. The highest BCUT2D eigenvalue weighted by Crippen LogP contribution is 2.27. The SMILES string of the molecule is Nc1ccc(CC2CCN(C[C@H]3CN(c4ccc(F)cc4)C(C=O)O3)CC2)cc1. The van der Waals surface area contributed by atoms with E-state index in [0.29, 0.717) is 12.5 Å². The molecule has 0 amide bonds. The standard InChI is InChI=1S/C23H28FN3O2/c24-19-3-7-21(8-4-19)27-15-22(29-23(27)16-28)14-26-11-9-18(10-12-26)13-17-1-5-20(25)6-2-17/h1-8,16,18,22-23H,9-15,25H2/t22-,23?/m0/s1. The number of hydrogen-bond donors (Lipinski definition) is 1. The quantitative estimate of drug-likeness (QED) is 0.600. The van der Waals surface area contributed by atoms with Gasteiger partial charge in [-0.2, -0.15) is 0 Å². The molecule has 2 saturated heterocycles. The molecule has 4 rings (SSSR count). The van der Waals surface area contributed by atoms with Gasteiger partial charge in [0.1, 0.15) is 5.82 Å². The van der Waals surface area contributed by atoms with Crippen LogP contribution in [0.3, 0.4) is 0 Å². The fourth-order valence-electron chi connectivity index (χ4n) is 4.38. The zero-order chi connectivity index (χ0) is 20.2. The van der Waals surface area contributed by atoms with Gasteiger partial charge in [-0.15, -0.1) is 0 Å². The number of ether oxygens (including phenoxy) is 1. The number of nitrogens with zero attached hydrogens (tertiary/aromatic N) is 2. The molecule has 6 heteroatoms. The fourth-order valence-corrected chi connectivity index (χ4v) is 4.38. The number of carbonyl (C=O) groups excluding carboxylic acids is 1. The summed E-state index contributed by atoms with van der Waals surface area (Å²) in [4.78, 5) is 15.8. The van der Waals surface area contributed by atoms with E-state index in [1.807, 2.05) is 17.0 Å². The molecule has 2 N–H and O–H groups in total. The van der Waals surface area contributed by atoms with Crippen molar-refractivity contribution in [3.8, 4) is 0 Å². The maximum atomic E-state index is 13.2. The number of rotatable bonds is 6. The lowest BCUT2D eigenvalue weighted by atomic mass is 9.90. The minimum absolute atomic E-state index is 0.0242. The Morgan fingerprint density at radius 1 is 1.07 bits per heavy atom. The van der Waals surface area contributed by atoms with Gasteiger partial charge in [0.25, 0.3) is 0 Å². The topological polar surface area (TPSA) is 58.8 Å². The highest BCUT2D eigenvalue weighted by atomic mass is 19.1. The Bertz CT molecular complexity index is 804. The van der Waals surface area contributed by atoms with Gasteiger partial charge in [0, 0.05) is 24.5 Å². The van der Waals surface area contributed by atoms with Crippen LogP contribution in [0.25, 0.3) is 0 Å². The van der Waals surface area contributed by atoms with Crippen molar-refractivity contribution in [1.82, 2.24) is 4.90 Å². The van der Waals surface area contributed by atoms with Gasteiger partial charge in [-0.25, -0.2) is 4.39 Å². The number of aldehydes is 1. The minimum atomic E-state index is -0.603. The average molecular weight is 397 g/mol. The number of likely N-dealkylation sites (tertiary alicyclic amines) is 1. The maximum absolute atomic E-state index is 13.2. The Balaban J connectivity index is 1.27. The van der Waals surface area contributed by atoms with Gasteiger partial charge in [-0.3, -0.25) is 4.79 Å². The molecule has 2 heterocycles. The number of anilines is 2. The van der Waals surface area contributed by atoms with Crippen molar-refractivity contribution in [2.45, 2.75) is 31.6 Å². The molecule has 2 aliphatic heterocycles. The zero-order valence-corrected chi connectivity index (χ0v) is 16.5. The van der Waals surface area contributed by atoms with Gasteiger partial charge in [0.2, 0.25) is 0 Å². The highest BCUT2D eigenvalue weighted by molar-refractivity contribution is 5.65. The average Bonchev–Trinajstić information content (AvgIpc) is 3.14. The van der Waals surface area contributed by atoms with Crippen LogP contribution < -0.4 is 10.6 Å². The first-order chi connectivity index (χ1) is 14.1. The summed E-state index contributed by atoms with van der Waals surface area (Å²) in [7, 11) is 0. The monoisotopic (exact) mass is 397 g/mol. The van der Waals surface area contributed by atoms with Crippen LogP contribution in [-0.4, -0.2) is 49.7 Å². The predicted molar refractivity (Wildman–Crippen MR) is 112 cm³/mol. The van der Waals surface area contributed by atoms with Crippen molar-refractivity contribution in [2.24, 2.45) is 5.92 Å². The number of hydrogen-bond acceptors (Lipinski definition) is 5. The Hall–Kier alpha value is -2.44. The molecule has 2 aromatic carbocycles. The van der Waals surface area contributed by atoms with Crippen LogP contribution in [0, 0.1) is 11.7 Å². The lowest BCUT2D eigenvalue weighted by Gasteiger charge is -2.33. The molecule has 2 atom stereocenters. The molecular formula is C23H28FN3O2. The third kappa shape index (κ3) is 4.95. The van der Waals surface area contributed by atoms with E-state index >= 15 is 0 Å². The second-order valence-electron chi connectivity index (χ2n) is 8.10. The van der Waals surface area contributed by atoms with E-state index in [1.165, 1.54) is 17.7 Å². The number of carbonyl (C=O) groups is 1. The Morgan fingerprint density at radius 2 is 1.76 bits per heavy atom. The summed E-state index contributed by atoms with van der Waals surface area (Å²) in [5.41, 5.74) is 8.74. The third-order valence-corrected chi connectivity index (χ3v) is 5.99. The van der Waals surface area contributed by atoms with Crippen LogP contribution in [0.4, 0.5) is 15.8 Å². The predicted octanol–water partition coefficient (Wildman–Crippen LogP) is 3.09. The van der Waals surface area contributed by atoms with E-state index in [1.54, 1.807) is 12.1 Å². The first-order valence-electron chi connectivity index (χ1n) is 10.3. The van der Waals surface area contributed by atoms with Crippen molar-refractivity contribution >= 4 is 17.7 Å². The van der Waals surface area contributed by atoms with Crippen LogP contribution in [0.2, 0.25) is 0 Å². The Kier molecular flexibility index (Phi) is 6.11. The molecule has 1 unspecified atom stereocenters. The van der Waals surface area contributed by atoms with E-state index in [2.05, 4.69) is 17.0 Å². The van der Waals surface area contributed by atoms with Crippen molar-refractivity contribution in [3.05, 3.63) is 59.9 Å². The number of piperidine rings is 1. The number of benzene rings is 2. The lowest BCUT2D eigenvalue weighted by Crippen LogP contribution is -2.40. The normalized spacial score (nSPS) is 23.4. The van der Waals surface area contributed by atoms with Crippen LogP contribution in [0.15, 0.2) is 48.5 Å². The second-order valence-corrected chi connectivity index (χ2v) is 8.10. The largest absolute Gasteiger partial charge is 0.399 e. The molecule has 0 aromatic heterocycles. The van der Waals surface area contributed by atoms with E-state index < -0.39 is 6.23 Å². The molecule has 0 saturated carbocycles. The summed E-state index contributed by atoms with van der Waals surface area (Å²) in [5, 5.41) is 0. The smallest absolute Gasteiger partial charge is 0.187 e. The third-order valence-electron chi connectivity index (χ3n) is 5.99. The van der Waals surface area contributed by atoms with Crippen LogP contribution >= 0.6 is 0 Å². The molecule has 2 aromatic rings. The lowest BCUT2D eigenvalue weighted by molar-refractivity contribution is -0.117. The second kappa shape index (κ2) is 8.93. The van der Waals surface area contributed by atoms with Crippen molar-refractivity contribution in [1.29, 1.82) is 0 Å². The van der Waals surface area contributed by atoms with E-state index in [0.717, 1.165) is 56.6 Å². The summed E-state index contributed by atoms with van der Waals surface area (Å²) in [6.45, 7) is 3.54. The van der Waals surface area contributed by atoms with Crippen molar-refractivity contribution < 1.29 is 13.9 Å². The first kappa shape index (κ1) is 19.9. The van der Waals surface area contributed by atoms with E-state index in [4.69, 9.17) is 10.5 Å². The molecule has 0 bridgehead atoms. The van der Waals surface area contributed by atoms with E-state index in [9.17, 15) is 9.18 Å². The van der Waals surface area contributed by atoms with Crippen molar-refractivity contribution in [2.75, 3.05) is 36.8 Å². The Labute approximate surface area is 171 Å². The molecule has 5 nitrogen and oxygen atoms in total. The van der Waals surface area contributed by atoms with Crippen molar-refractivity contribution in [3.63, 3.8) is 0 Å². The number of nitrogen functional groups attached to an aromatic ring is 1. The Morgan fingerprint density at radius 3 is 2.41 bits per heavy atom. The number of halogens is 1. The van der Waals surface area contributed by atoms with Crippen LogP contribution in [0.5, 0.6) is 0 Å². The fraction of sp³-hybridized carbons (Fsp3) is 0.435. The molecule has 154 valence electrons. The summed E-state index contributed by atoms with van der Waals surface area (Å²) < 4.78 is 19.1. The minimum Gasteiger partial charge on any atom is -0.399 e. The molecule has 2 aliphatic rings. The molecule has 0 aliphatic carbocycles. The highest BCUT2D eigenvalue weighted by Gasteiger charge is 2.34. The molecular weight excluding hydrogens is 369 g/mol. The number of nitrogens with two attached hydrogens (primary N) is 1. The summed E-state index contributed by atoms with van der Waals surface area (Å²) >= 11 is 0. The summed E-state index contributed by atoms with van der Waals surface area (Å²) in [6, 6.07) is 14.4. The van der Waals surface area contributed by atoms with Crippen LogP contribution in [0.1, 0.15) is 18.4 Å². The summed E-state index contributed by atoms with van der Waals surface area (Å²) in [5.74, 6) is 0.410. The molecule has 29 heavy (non-hydrogen) atoms. The summed E-state index contributed by atoms with van der Waals surface area (Å²) in [6.07, 6.45) is 3.62. The van der Waals surface area contributed by atoms with Gasteiger partial charge in [-0.05, 0) is 80.2 Å². The van der Waals surface area contributed by atoms with Gasteiger partial charge >= 0.3 is 0 Å². The zero-order valence-electron chi connectivity index (χ0n) is 16.5. The van der Waals surface area contributed by atoms with Gasteiger partial charge in [0.15, 0.2) is 12.5 Å². The van der Waals surface area contributed by atoms with Gasteiger partial charge < -0.3 is 20.3 Å². The van der Waals surface area contributed by atoms with Gasteiger partial charge in [0.05, 0.1) is 6.10 Å². The molecule has 0 spiro atoms.